The molecule has 3 rings (SSSR count). The van der Waals surface area contributed by atoms with E-state index in [2.05, 4.69) is 9.97 Å². The van der Waals surface area contributed by atoms with Gasteiger partial charge in [0.2, 0.25) is 11.8 Å². The summed E-state index contributed by atoms with van der Waals surface area (Å²) in [6.07, 6.45) is -3.53. The number of hydrogen-bond donors (Lipinski definition) is 2. The van der Waals surface area contributed by atoms with Gasteiger partial charge in [0.25, 0.3) is 0 Å². The van der Waals surface area contributed by atoms with Gasteiger partial charge in [-0.3, -0.25) is 9.78 Å². The fourth-order valence-electron chi connectivity index (χ4n) is 2.69. The van der Waals surface area contributed by atoms with Crippen LogP contribution in [0.2, 0.25) is 5.02 Å². The summed E-state index contributed by atoms with van der Waals surface area (Å²) in [6.45, 7) is 3.65. The van der Waals surface area contributed by atoms with Gasteiger partial charge in [-0.15, -0.1) is 0 Å². The van der Waals surface area contributed by atoms with Crippen molar-refractivity contribution in [1.82, 2.24) is 9.97 Å². The van der Waals surface area contributed by atoms with Gasteiger partial charge in [-0.1, -0.05) is 22.9 Å². The Morgan fingerprint density at radius 2 is 1.89 bits per heavy atom. The average molecular weight is 431 g/mol. The van der Waals surface area contributed by atoms with Crippen molar-refractivity contribution in [1.29, 1.82) is 0 Å². The Morgan fingerprint density at radius 1 is 1.25 bits per heavy atom. The quantitative estimate of drug-likeness (QED) is 0.596. The van der Waals surface area contributed by atoms with E-state index in [1.54, 1.807) is 12.1 Å². The van der Waals surface area contributed by atoms with Crippen molar-refractivity contribution in [3.8, 4) is 17.5 Å². The molecule has 10 heteroatoms. The minimum absolute atomic E-state index is 0.136. The number of alkyl halides is 3. The van der Waals surface area contributed by atoms with Crippen LogP contribution in [0.25, 0.3) is 0 Å². The molecule has 0 spiro atoms. The second-order valence-corrected chi connectivity index (χ2v) is 7.58. The SMILES string of the molecule is Cc1cc(Oc2ncc(C(F)(F)F)cc2Cl)cc(C)c1Cc1sc(=O)[nH]c1O. The first-order valence-electron chi connectivity index (χ1n) is 7.96. The van der Waals surface area contributed by atoms with Gasteiger partial charge in [-0.2, -0.15) is 13.2 Å². The molecule has 0 fully saturated rings. The Balaban J connectivity index is 1.87. The van der Waals surface area contributed by atoms with E-state index in [-0.39, 0.29) is 21.7 Å². The Bertz CT molecular complexity index is 1070. The number of aromatic hydroxyl groups is 1. The van der Waals surface area contributed by atoms with Gasteiger partial charge < -0.3 is 9.84 Å². The molecule has 0 atom stereocenters. The van der Waals surface area contributed by atoms with E-state index >= 15 is 0 Å². The lowest BCUT2D eigenvalue weighted by atomic mass is 9.99. The van der Waals surface area contributed by atoms with Crippen LogP contribution in [0, 0.1) is 13.8 Å². The predicted molar refractivity (Wildman–Crippen MR) is 99.6 cm³/mol. The smallest absolute Gasteiger partial charge is 0.417 e. The molecule has 0 aliphatic carbocycles. The molecule has 3 aromatic rings. The molecule has 5 nitrogen and oxygen atoms in total. The maximum absolute atomic E-state index is 12.7. The zero-order valence-electron chi connectivity index (χ0n) is 14.6. The van der Waals surface area contributed by atoms with Crippen LogP contribution >= 0.6 is 22.9 Å². The third-order valence-electron chi connectivity index (χ3n) is 4.06. The van der Waals surface area contributed by atoms with Crippen molar-refractivity contribution < 1.29 is 23.0 Å². The number of hydrogen-bond acceptors (Lipinski definition) is 5. The summed E-state index contributed by atoms with van der Waals surface area (Å²) >= 11 is 6.80. The number of nitrogens with zero attached hydrogens (tertiary/aromatic N) is 1. The first-order chi connectivity index (χ1) is 13.0. The van der Waals surface area contributed by atoms with Crippen molar-refractivity contribution in [2.24, 2.45) is 0 Å². The van der Waals surface area contributed by atoms with Crippen LogP contribution in [0.1, 0.15) is 27.1 Å². The van der Waals surface area contributed by atoms with Crippen molar-refractivity contribution in [3.05, 3.63) is 66.2 Å². The topological polar surface area (TPSA) is 75.2 Å². The van der Waals surface area contributed by atoms with Crippen LogP contribution in [-0.4, -0.2) is 15.1 Å². The molecule has 0 saturated carbocycles. The molecule has 0 aliphatic heterocycles. The number of aryl methyl sites for hydroxylation is 2. The van der Waals surface area contributed by atoms with E-state index < -0.39 is 11.7 Å². The van der Waals surface area contributed by atoms with E-state index in [0.717, 1.165) is 34.1 Å². The summed E-state index contributed by atoms with van der Waals surface area (Å²) in [5.41, 5.74) is 1.57. The van der Waals surface area contributed by atoms with Gasteiger partial charge in [0.15, 0.2) is 0 Å². The summed E-state index contributed by atoms with van der Waals surface area (Å²) in [4.78, 5) is 17.5. The summed E-state index contributed by atoms with van der Waals surface area (Å²) in [5, 5.41) is 9.51. The maximum Gasteiger partial charge on any atom is 0.417 e. The number of aromatic nitrogens is 2. The molecular weight excluding hydrogens is 417 g/mol. The fourth-order valence-corrected chi connectivity index (χ4v) is 3.63. The molecule has 0 unspecified atom stereocenters. The van der Waals surface area contributed by atoms with E-state index in [9.17, 15) is 23.1 Å². The number of H-pyrrole nitrogens is 1. The number of thiazole rings is 1. The van der Waals surface area contributed by atoms with Gasteiger partial charge in [0, 0.05) is 12.6 Å². The van der Waals surface area contributed by atoms with Crippen molar-refractivity contribution in [3.63, 3.8) is 0 Å². The van der Waals surface area contributed by atoms with E-state index in [1.807, 2.05) is 13.8 Å². The van der Waals surface area contributed by atoms with Crippen molar-refractivity contribution in [2.75, 3.05) is 0 Å². The first-order valence-corrected chi connectivity index (χ1v) is 9.15. The van der Waals surface area contributed by atoms with E-state index in [1.165, 1.54) is 0 Å². The molecule has 2 N–H and O–H groups in total. The van der Waals surface area contributed by atoms with Gasteiger partial charge >= 0.3 is 11.0 Å². The third-order valence-corrected chi connectivity index (χ3v) is 5.20. The van der Waals surface area contributed by atoms with Crippen LogP contribution < -0.4 is 9.61 Å². The second kappa shape index (κ2) is 7.48. The zero-order chi connectivity index (χ0) is 20.6. The molecule has 0 radical (unpaired) electrons. The van der Waals surface area contributed by atoms with Crippen LogP contribution in [0.5, 0.6) is 17.5 Å². The highest BCUT2D eigenvalue weighted by Crippen LogP contribution is 2.35. The number of ether oxygens (including phenoxy) is 1. The molecule has 2 aromatic heterocycles. The summed E-state index contributed by atoms with van der Waals surface area (Å²) in [7, 11) is 0. The lowest BCUT2D eigenvalue weighted by molar-refractivity contribution is -0.137. The van der Waals surface area contributed by atoms with E-state index in [4.69, 9.17) is 16.3 Å². The zero-order valence-corrected chi connectivity index (χ0v) is 16.2. The monoisotopic (exact) mass is 430 g/mol. The molecule has 1 aromatic carbocycles. The lowest BCUT2D eigenvalue weighted by Crippen LogP contribution is -2.06. The van der Waals surface area contributed by atoms with Crippen LogP contribution in [0.4, 0.5) is 13.2 Å². The molecule has 0 amide bonds. The van der Waals surface area contributed by atoms with Gasteiger partial charge in [-0.25, -0.2) is 4.98 Å². The molecule has 0 bridgehead atoms. The highest BCUT2D eigenvalue weighted by Gasteiger charge is 2.31. The molecular formula is C18H14ClF3N2O3S. The van der Waals surface area contributed by atoms with E-state index in [0.29, 0.717) is 23.2 Å². The first kappa shape index (κ1) is 20.2. The number of rotatable bonds is 4. The van der Waals surface area contributed by atoms with Gasteiger partial charge in [0.05, 0.1) is 10.4 Å². The summed E-state index contributed by atoms with van der Waals surface area (Å²) < 4.78 is 43.7. The Morgan fingerprint density at radius 3 is 2.39 bits per heavy atom. The Hall–Kier alpha value is -2.52. The highest BCUT2D eigenvalue weighted by molar-refractivity contribution is 7.09. The molecule has 0 aliphatic rings. The van der Waals surface area contributed by atoms with Crippen LogP contribution in [-0.2, 0) is 12.6 Å². The predicted octanol–water partition coefficient (Wildman–Crippen LogP) is 5.21. The minimum Gasteiger partial charge on any atom is -0.494 e. The molecule has 148 valence electrons. The third kappa shape index (κ3) is 4.31. The Labute approximate surface area is 166 Å². The molecule has 0 saturated heterocycles. The average Bonchev–Trinajstić information content (AvgIpc) is 2.89. The number of pyridine rings is 1. The maximum atomic E-state index is 12.7. The minimum atomic E-state index is -4.54. The lowest BCUT2D eigenvalue weighted by Gasteiger charge is -2.14. The van der Waals surface area contributed by atoms with Crippen molar-refractivity contribution in [2.45, 2.75) is 26.4 Å². The van der Waals surface area contributed by atoms with Crippen molar-refractivity contribution >= 4 is 22.9 Å². The number of benzene rings is 1. The number of aromatic amines is 1. The van der Waals surface area contributed by atoms with Crippen LogP contribution in [0.15, 0.2) is 29.2 Å². The second-order valence-electron chi connectivity index (χ2n) is 6.11. The molecule has 2 heterocycles. The number of halogens is 4. The standard InChI is InChI=1S/C18H14ClF3N2O3S/c1-8-3-11(27-16-13(19)5-10(7-23-16)18(20,21)22)4-9(2)12(8)6-14-15(25)24-17(26)28-14/h3-5,7,25H,6H2,1-2H3,(H,24,26). The summed E-state index contributed by atoms with van der Waals surface area (Å²) in [5.74, 6) is 0.0666. The number of nitrogens with one attached hydrogen (secondary N) is 1. The highest BCUT2D eigenvalue weighted by atomic mass is 35.5. The van der Waals surface area contributed by atoms with Gasteiger partial charge in [0.1, 0.15) is 10.8 Å². The molecule has 28 heavy (non-hydrogen) atoms. The van der Waals surface area contributed by atoms with Crippen LogP contribution in [0.3, 0.4) is 0 Å². The summed E-state index contributed by atoms with van der Waals surface area (Å²) in [6, 6.07) is 4.13. The van der Waals surface area contributed by atoms with Gasteiger partial charge in [-0.05, 0) is 48.7 Å². The fraction of sp³-hybridized carbons (Fsp3) is 0.222. The normalized spacial score (nSPS) is 11.6. The Kier molecular flexibility index (Phi) is 5.40. The largest absolute Gasteiger partial charge is 0.494 e.